The molecule has 3 heterocycles. The molecule has 1 aromatic carbocycles. The summed E-state index contributed by atoms with van der Waals surface area (Å²) in [5.41, 5.74) is -0.557. The molecule has 0 spiro atoms. The smallest absolute Gasteiger partial charge is 0.243 e. The molecule has 16 heteroatoms. The summed E-state index contributed by atoms with van der Waals surface area (Å²) in [7, 11) is -0.0914. The molecule has 230 valence electrons. The number of hydrogen-bond acceptors (Lipinski definition) is 12. The molecule has 0 aliphatic rings. The number of methoxy groups -OCH3 is 3. The number of nitrogens with one attached hydrogen (secondary N) is 1. The Morgan fingerprint density at radius 1 is 1.02 bits per heavy atom. The quantitative estimate of drug-likeness (QED) is 0.225. The van der Waals surface area contributed by atoms with Crippen molar-refractivity contribution in [1.82, 2.24) is 29.7 Å². The van der Waals surface area contributed by atoms with Crippen LogP contribution in [0.15, 0.2) is 48.8 Å². The molecule has 3 aromatic heterocycles. The van der Waals surface area contributed by atoms with Crippen LogP contribution in [0, 0.1) is 5.82 Å². The van der Waals surface area contributed by atoms with E-state index in [0.29, 0.717) is 11.5 Å². The van der Waals surface area contributed by atoms with Gasteiger partial charge in [-0.2, -0.15) is 0 Å². The topological polar surface area (TPSA) is 173 Å². The lowest BCUT2D eigenvalue weighted by atomic mass is 10.2. The minimum Gasteiger partial charge on any atom is -0.494 e. The van der Waals surface area contributed by atoms with Gasteiger partial charge in [0.2, 0.25) is 21.9 Å². The Bertz CT molecular complexity index is 1640. The van der Waals surface area contributed by atoms with Crippen LogP contribution in [-0.4, -0.2) is 82.0 Å². The molecule has 0 unspecified atom stereocenters. The van der Waals surface area contributed by atoms with Gasteiger partial charge < -0.3 is 24.1 Å². The van der Waals surface area contributed by atoms with Crippen molar-refractivity contribution < 1.29 is 36.9 Å². The molecule has 4 rings (SSSR count). The Kier molecular flexibility index (Phi) is 9.42. The minimum absolute atomic E-state index is 0.0256. The molecular formula is C27H32FN7O7S. The van der Waals surface area contributed by atoms with Gasteiger partial charge in [-0.25, -0.2) is 27.8 Å². The van der Waals surface area contributed by atoms with Crippen molar-refractivity contribution in [3.05, 3.63) is 60.4 Å². The average Bonchev–Trinajstić information content (AvgIpc) is 3.38. The van der Waals surface area contributed by atoms with E-state index in [0.717, 1.165) is 12.4 Å². The standard InChI is InChI=1S/C27H32FN7O7S/c1-16(23(41-6)24-29-13-17(28)14-30-24)43(37,38)34-26-33-32-25(18-9-7-12-21(31-18)42-15-27(2,3)36)35(26)22-19(39-4)10-8-11-20(22)40-5/h7-14,16,23,36H,15H2,1-6H3,(H,33,34)/t16-,23-/m0/s1. The number of aliphatic hydroxyl groups is 1. The number of para-hydroxylation sites is 1. The first-order valence-corrected chi connectivity index (χ1v) is 14.4. The van der Waals surface area contributed by atoms with Crippen LogP contribution in [0.3, 0.4) is 0 Å². The lowest BCUT2D eigenvalue weighted by Gasteiger charge is -2.22. The second-order valence-corrected chi connectivity index (χ2v) is 12.0. The van der Waals surface area contributed by atoms with E-state index in [1.54, 1.807) is 50.2 Å². The normalized spacial score (nSPS) is 13.3. The van der Waals surface area contributed by atoms with Crippen molar-refractivity contribution >= 4 is 16.0 Å². The summed E-state index contributed by atoms with van der Waals surface area (Å²) < 4.78 is 66.9. The van der Waals surface area contributed by atoms with Crippen molar-refractivity contribution in [2.75, 3.05) is 32.7 Å². The van der Waals surface area contributed by atoms with E-state index in [1.807, 2.05) is 0 Å². The van der Waals surface area contributed by atoms with E-state index in [1.165, 1.54) is 32.8 Å². The third-order valence-electron chi connectivity index (χ3n) is 6.11. The molecule has 4 aromatic rings. The molecule has 0 amide bonds. The van der Waals surface area contributed by atoms with Crippen LogP contribution in [-0.2, 0) is 14.8 Å². The highest BCUT2D eigenvalue weighted by Gasteiger charge is 2.35. The van der Waals surface area contributed by atoms with Crippen LogP contribution < -0.4 is 18.9 Å². The number of rotatable bonds is 13. The maximum atomic E-state index is 13.7. The third-order valence-corrected chi connectivity index (χ3v) is 7.81. The van der Waals surface area contributed by atoms with Crippen LogP contribution in [0.4, 0.5) is 10.3 Å². The van der Waals surface area contributed by atoms with Crippen LogP contribution in [0.2, 0.25) is 0 Å². The third kappa shape index (κ3) is 7.15. The van der Waals surface area contributed by atoms with E-state index in [-0.39, 0.29) is 41.5 Å². The number of ether oxygens (including phenoxy) is 4. The number of sulfonamides is 1. The molecule has 0 aliphatic carbocycles. The molecule has 2 atom stereocenters. The predicted octanol–water partition coefficient (Wildman–Crippen LogP) is 2.94. The number of halogens is 1. The van der Waals surface area contributed by atoms with Gasteiger partial charge in [-0.1, -0.05) is 12.1 Å². The molecular weight excluding hydrogens is 585 g/mol. The van der Waals surface area contributed by atoms with Gasteiger partial charge in [-0.15, -0.1) is 10.2 Å². The first kappa shape index (κ1) is 31.5. The first-order valence-electron chi connectivity index (χ1n) is 12.9. The van der Waals surface area contributed by atoms with Gasteiger partial charge in [0.1, 0.15) is 40.8 Å². The monoisotopic (exact) mass is 617 g/mol. The number of pyridine rings is 1. The van der Waals surface area contributed by atoms with E-state index < -0.39 is 32.8 Å². The Morgan fingerprint density at radius 2 is 1.65 bits per heavy atom. The number of hydrogen-bond donors (Lipinski definition) is 2. The summed E-state index contributed by atoms with van der Waals surface area (Å²) in [4.78, 5) is 12.3. The van der Waals surface area contributed by atoms with Crippen molar-refractivity contribution in [1.29, 1.82) is 0 Å². The molecule has 0 fully saturated rings. The number of anilines is 1. The molecule has 0 radical (unpaired) electrons. The highest BCUT2D eigenvalue weighted by Crippen LogP contribution is 2.38. The van der Waals surface area contributed by atoms with Gasteiger partial charge in [-0.3, -0.25) is 9.29 Å². The van der Waals surface area contributed by atoms with Crippen LogP contribution in [0.1, 0.15) is 32.7 Å². The van der Waals surface area contributed by atoms with E-state index >= 15 is 0 Å². The Labute approximate surface area is 247 Å². The average molecular weight is 618 g/mol. The fourth-order valence-electron chi connectivity index (χ4n) is 4.01. The zero-order valence-corrected chi connectivity index (χ0v) is 25.2. The minimum atomic E-state index is -4.28. The summed E-state index contributed by atoms with van der Waals surface area (Å²) in [6.07, 6.45) is 0.690. The Morgan fingerprint density at radius 3 is 2.23 bits per heavy atom. The van der Waals surface area contributed by atoms with Gasteiger partial charge in [0.25, 0.3) is 0 Å². The Balaban J connectivity index is 1.83. The fraction of sp³-hybridized carbons (Fsp3) is 0.370. The molecule has 2 N–H and O–H groups in total. The van der Waals surface area contributed by atoms with Crippen molar-refractivity contribution in [2.45, 2.75) is 37.7 Å². The maximum Gasteiger partial charge on any atom is 0.243 e. The van der Waals surface area contributed by atoms with Gasteiger partial charge in [0.05, 0.1) is 32.2 Å². The highest BCUT2D eigenvalue weighted by molar-refractivity contribution is 7.93. The van der Waals surface area contributed by atoms with Gasteiger partial charge in [0, 0.05) is 13.2 Å². The zero-order valence-electron chi connectivity index (χ0n) is 24.3. The molecule has 14 nitrogen and oxygen atoms in total. The highest BCUT2D eigenvalue weighted by atomic mass is 32.2. The zero-order chi connectivity index (χ0) is 31.4. The summed E-state index contributed by atoms with van der Waals surface area (Å²) >= 11 is 0. The lowest BCUT2D eigenvalue weighted by molar-refractivity contribution is 0.0269. The second-order valence-electron chi connectivity index (χ2n) is 9.92. The number of benzene rings is 1. The lowest BCUT2D eigenvalue weighted by Crippen LogP contribution is -2.33. The van der Waals surface area contributed by atoms with Gasteiger partial charge >= 0.3 is 0 Å². The maximum absolute atomic E-state index is 13.7. The van der Waals surface area contributed by atoms with Crippen LogP contribution in [0.25, 0.3) is 17.2 Å². The molecule has 0 saturated carbocycles. The van der Waals surface area contributed by atoms with E-state index in [9.17, 15) is 17.9 Å². The molecule has 0 bridgehead atoms. The van der Waals surface area contributed by atoms with Crippen LogP contribution >= 0.6 is 0 Å². The summed E-state index contributed by atoms with van der Waals surface area (Å²) in [5.74, 6) is 0.0233. The van der Waals surface area contributed by atoms with Crippen molar-refractivity contribution in [3.8, 4) is 34.6 Å². The largest absolute Gasteiger partial charge is 0.494 e. The summed E-state index contributed by atoms with van der Waals surface area (Å²) in [5, 5.41) is 17.2. The molecule has 0 saturated heterocycles. The van der Waals surface area contributed by atoms with Gasteiger partial charge in [0.15, 0.2) is 17.5 Å². The van der Waals surface area contributed by atoms with Crippen molar-refractivity contribution in [3.63, 3.8) is 0 Å². The number of aromatic nitrogens is 6. The summed E-state index contributed by atoms with van der Waals surface area (Å²) in [6, 6.07) is 9.92. The van der Waals surface area contributed by atoms with Gasteiger partial charge in [-0.05, 0) is 39.0 Å². The fourth-order valence-corrected chi connectivity index (χ4v) is 5.14. The first-order chi connectivity index (χ1) is 20.4. The SMILES string of the molecule is COc1cccc(OC)c1-n1c(NS(=O)(=O)[C@@H](C)[C@H](OC)c2ncc(F)cn2)nnc1-c1cccc(OCC(C)(C)O)n1. The Hall–Kier alpha value is -4.41. The van der Waals surface area contributed by atoms with E-state index in [2.05, 4.69) is 29.9 Å². The molecule has 43 heavy (non-hydrogen) atoms. The predicted molar refractivity (Wildman–Crippen MR) is 153 cm³/mol. The van der Waals surface area contributed by atoms with Crippen LogP contribution in [0.5, 0.6) is 17.4 Å². The number of nitrogens with zero attached hydrogens (tertiary/aromatic N) is 6. The summed E-state index contributed by atoms with van der Waals surface area (Å²) in [6.45, 7) is 4.55. The second kappa shape index (κ2) is 12.8. The van der Waals surface area contributed by atoms with E-state index in [4.69, 9.17) is 18.9 Å². The van der Waals surface area contributed by atoms with Crippen molar-refractivity contribution in [2.24, 2.45) is 0 Å². The molecule has 0 aliphatic heterocycles.